The van der Waals surface area contributed by atoms with Crippen molar-refractivity contribution in [1.29, 1.82) is 0 Å². The normalized spacial score (nSPS) is 18.0. The summed E-state index contributed by atoms with van der Waals surface area (Å²) in [5, 5.41) is 0. The van der Waals surface area contributed by atoms with Crippen LogP contribution in [0, 0.1) is 6.92 Å². The number of hydrogen-bond donors (Lipinski definition) is 0. The number of hydrogen-bond acceptors (Lipinski definition) is 3. The molecule has 0 saturated carbocycles. The van der Waals surface area contributed by atoms with Crippen LogP contribution in [-0.2, 0) is 14.4 Å². The molecular weight excluding hydrogens is 345 g/mol. The number of carbonyl (C=O) groups excluding carboxylic acids is 3. The largest absolute Gasteiger partial charge is 0.339 e. The van der Waals surface area contributed by atoms with Gasteiger partial charge in [0.2, 0.25) is 11.9 Å². The second-order valence-electron chi connectivity index (χ2n) is 4.43. The summed E-state index contributed by atoms with van der Waals surface area (Å²) in [5.74, 6) is -4.39. The Bertz CT molecular complexity index is 772. The van der Waals surface area contributed by atoms with Crippen molar-refractivity contribution in [2.45, 2.75) is 6.92 Å². The highest BCUT2D eigenvalue weighted by atomic mass is 79.9. The Morgan fingerprint density at radius 3 is 2.57 bits per heavy atom. The molecule has 0 spiro atoms. The molecule has 1 aromatic carbocycles. The third kappa shape index (κ3) is 1.99. The van der Waals surface area contributed by atoms with Gasteiger partial charge in [0, 0.05) is 4.47 Å². The van der Waals surface area contributed by atoms with Crippen molar-refractivity contribution in [3.63, 3.8) is 0 Å². The van der Waals surface area contributed by atoms with Crippen molar-refractivity contribution in [3.05, 3.63) is 40.3 Å². The fraction of sp³-hybridized carbons (Fsp3) is 0.0769. The van der Waals surface area contributed by atoms with Crippen LogP contribution in [0.25, 0.3) is 0 Å². The van der Waals surface area contributed by atoms with Gasteiger partial charge in [-0.05, 0) is 30.7 Å². The van der Waals surface area contributed by atoms with Crippen LogP contribution in [0.15, 0.2) is 39.7 Å². The molecule has 3 amide bonds. The summed E-state index contributed by atoms with van der Waals surface area (Å²) in [5.41, 5.74) is 1.22. The Kier molecular flexibility index (Phi) is 2.98. The number of halogens is 2. The maximum atomic E-state index is 13.7. The second-order valence-corrected chi connectivity index (χ2v) is 5.29. The van der Waals surface area contributed by atoms with E-state index >= 15 is 0 Å². The first-order valence-electron chi connectivity index (χ1n) is 5.84. The summed E-state index contributed by atoms with van der Waals surface area (Å²) < 4.78 is 14.6. The average molecular weight is 352 g/mol. The van der Waals surface area contributed by atoms with E-state index in [0.29, 0.717) is 16.7 Å². The third-order valence-corrected chi connectivity index (χ3v) is 3.95. The van der Waals surface area contributed by atoms with Crippen molar-refractivity contribution < 1.29 is 18.8 Å². The van der Waals surface area contributed by atoms with E-state index in [-0.39, 0.29) is 5.96 Å². The zero-order valence-electron chi connectivity index (χ0n) is 10.6. The van der Waals surface area contributed by atoms with Gasteiger partial charge in [-0.2, -0.15) is 9.38 Å². The number of aliphatic imine (C=N–C) groups is 1. The fourth-order valence-electron chi connectivity index (χ4n) is 2.06. The van der Waals surface area contributed by atoms with E-state index in [2.05, 4.69) is 20.9 Å². The van der Waals surface area contributed by atoms with Gasteiger partial charge in [0.05, 0.1) is 11.8 Å². The zero-order valence-corrected chi connectivity index (χ0v) is 12.2. The number of guanidine groups is 1. The molecule has 0 fully saturated rings. The summed E-state index contributed by atoms with van der Waals surface area (Å²) in [6.45, 7) is 1.81. The summed E-state index contributed by atoms with van der Waals surface area (Å²) in [6.07, 6.45) is 0.646. The first kappa shape index (κ1) is 13.6. The van der Waals surface area contributed by atoms with Crippen molar-refractivity contribution >= 4 is 45.3 Å². The maximum absolute atomic E-state index is 13.7. The minimum atomic E-state index is -1.12. The highest BCUT2D eigenvalue weighted by Gasteiger charge is 2.44. The number of aryl methyl sites for hydroxylation is 1. The van der Waals surface area contributed by atoms with E-state index in [1.54, 1.807) is 18.2 Å². The Balaban J connectivity index is 2.15. The Morgan fingerprint density at radius 2 is 1.90 bits per heavy atom. The van der Waals surface area contributed by atoms with Gasteiger partial charge in [0.25, 0.3) is 5.91 Å². The summed E-state index contributed by atoms with van der Waals surface area (Å²) in [7, 11) is 0. The van der Waals surface area contributed by atoms with Gasteiger partial charge in [-0.15, -0.1) is 0 Å². The van der Waals surface area contributed by atoms with Gasteiger partial charge in [-0.25, -0.2) is 9.80 Å². The Morgan fingerprint density at radius 1 is 1.19 bits per heavy atom. The molecule has 0 bridgehead atoms. The molecule has 0 unspecified atom stereocenters. The van der Waals surface area contributed by atoms with Crippen molar-refractivity contribution in [1.82, 2.24) is 4.90 Å². The van der Waals surface area contributed by atoms with Crippen LogP contribution < -0.4 is 4.90 Å². The number of nitrogens with zero attached hydrogens (tertiary/aromatic N) is 3. The summed E-state index contributed by atoms with van der Waals surface area (Å²) in [6, 6.07) is 4.96. The molecule has 0 N–H and O–H groups in total. The van der Waals surface area contributed by atoms with E-state index in [0.717, 1.165) is 14.9 Å². The van der Waals surface area contributed by atoms with Gasteiger partial charge in [-0.3, -0.25) is 14.4 Å². The lowest BCUT2D eigenvalue weighted by atomic mass is 10.2. The molecule has 0 saturated heterocycles. The molecule has 106 valence electrons. The first-order valence-corrected chi connectivity index (χ1v) is 6.64. The fourth-order valence-corrected chi connectivity index (χ4v) is 2.30. The van der Waals surface area contributed by atoms with Crippen LogP contribution in [0.5, 0.6) is 0 Å². The Labute approximate surface area is 126 Å². The second kappa shape index (κ2) is 4.59. The number of rotatable bonds is 1. The molecule has 1 aromatic rings. The summed E-state index contributed by atoms with van der Waals surface area (Å²) >= 11 is 3.33. The van der Waals surface area contributed by atoms with E-state index in [4.69, 9.17) is 0 Å². The first-order chi connectivity index (χ1) is 9.90. The lowest BCUT2D eigenvalue weighted by Crippen LogP contribution is -2.49. The predicted molar refractivity (Wildman–Crippen MR) is 74.8 cm³/mol. The molecule has 0 aromatic heterocycles. The number of fused-ring (bicyclic) bond motifs is 1. The molecule has 2 aliphatic heterocycles. The highest BCUT2D eigenvalue weighted by Crippen LogP contribution is 2.29. The van der Waals surface area contributed by atoms with Crippen LogP contribution in [0.2, 0.25) is 0 Å². The molecule has 2 heterocycles. The monoisotopic (exact) mass is 351 g/mol. The highest BCUT2D eigenvalue weighted by molar-refractivity contribution is 9.10. The van der Waals surface area contributed by atoms with Gasteiger partial charge < -0.3 is 0 Å². The Hall–Kier alpha value is -2.35. The molecule has 0 radical (unpaired) electrons. The smallest absolute Gasteiger partial charge is 0.269 e. The quantitative estimate of drug-likeness (QED) is 0.570. The molecule has 2 aliphatic rings. The molecule has 0 atom stereocenters. The van der Waals surface area contributed by atoms with Crippen LogP contribution in [0.4, 0.5) is 10.1 Å². The number of benzene rings is 1. The van der Waals surface area contributed by atoms with Crippen LogP contribution >= 0.6 is 15.9 Å². The van der Waals surface area contributed by atoms with Crippen molar-refractivity contribution in [2.75, 3.05) is 4.90 Å². The van der Waals surface area contributed by atoms with Gasteiger partial charge >= 0.3 is 11.8 Å². The lowest BCUT2D eigenvalue weighted by Gasteiger charge is -2.29. The molecular formula is C13H7BrFN3O3. The van der Waals surface area contributed by atoms with E-state index in [1.807, 2.05) is 6.92 Å². The van der Waals surface area contributed by atoms with E-state index in [1.165, 1.54) is 0 Å². The van der Waals surface area contributed by atoms with Crippen LogP contribution in [-0.4, -0.2) is 28.6 Å². The topological polar surface area (TPSA) is 70.1 Å². The minimum Gasteiger partial charge on any atom is -0.269 e. The van der Waals surface area contributed by atoms with E-state index < -0.39 is 23.7 Å². The van der Waals surface area contributed by atoms with Crippen molar-refractivity contribution in [2.24, 2.45) is 4.99 Å². The molecule has 8 heteroatoms. The average Bonchev–Trinajstić information content (AvgIpc) is 2.70. The molecule has 3 rings (SSSR count). The lowest BCUT2D eigenvalue weighted by molar-refractivity contribution is -0.139. The maximum Gasteiger partial charge on any atom is 0.339 e. The van der Waals surface area contributed by atoms with Crippen LogP contribution in [0.1, 0.15) is 5.56 Å². The standard InChI is InChI=1S/C13H7BrFN3O3/c1-6-4-7(2-3-8(6)14)17-10(19)5-9(15)18-12(21)11(20)16-13(17)18/h2-5H,1H3. The van der Waals surface area contributed by atoms with Crippen molar-refractivity contribution in [3.8, 4) is 0 Å². The number of carbonyl (C=O) groups is 3. The van der Waals surface area contributed by atoms with Gasteiger partial charge in [-0.1, -0.05) is 15.9 Å². The molecule has 6 nitrogen and oxygen atoms in total. The van der Waals surface area contributed by atoms with Crippen LogP contribution in [0.3, 0.4) is 0 Å². The van der Waals surface area contributed by atoms with Gasteiger partial charge in [0.1, 0.15) is 0 Å². The molecule has 21 heavy (non-hydrogen) atoms. The third-order valence-electron chi connectivity index (χ3n) is 3.06. The predicted octanol–water partition coefficient (Wildman–Crippen LogP) is 1.64. The zero-order chi connectivity index (χ0) is 15.3. The van der Waals surface area contributed by atoms with E-state index in [9.17, 15) is 18.8 Å². The molecule has 0 aliphatic carbocycles. The van der Waals surface area contributed by atoms with Gasteiger partial charge in [0.15, 0.2) is 0 Å². The summed E-state index contributed by atoms with van der Waals surface area (Å²) in [4.78, 5) is 40.0. The number of anilines is 1. The SMILES string of the molecule is Cc1cc(N2C(=O)C=C(F)N3C(=O)C(=O)N=C32)ccc1Br. The number of amides is 3. The minimum absolute atomic E-state index is 0.336.